The minimum Gasteiger partial charge on any atom is -0.502 e. The number of hydrogen-bond acceptors (Lipinski definition) is 2. The molecule has 17 heavy (non-hydrogen) atoms. The average molecular weight is 242 g/mol. The van der Waals surface area contributed by atoms with Crippen LogP contribution >= 0.6 is 0 Å². The molecule has 3 heteroatoms. The van der Waals surface area contributed by atoms with Crippen molar-refractivity contribution >= 4 is 5.97 Å². The molecule has 2 N–H and O–H groups in total. The number of allylic oxidation sites excluding steroid dienone is 1. The number of aliphatic carboxylic acids is 1. The first kappa shape index (κ1) is 16.0. The number of unbranched alkanes of at least 4 members (excludes halogenated alkanes) is 9. The molecule has 0 saturated heterocycles. The van der Waals surface area contributed by atoms with Crippen LogP contribution in [0.15, 0.2) is 11.8 Å². The Balaban J connectivity index is 3.19. The first-order chi connectivity index (χ1) is 8.18. The molecule has 0 bridgehead atoms. The summed E-state index contributed by atoms with van der Waals surface area (Å²) in [7, 11) is 0. The Kier molecular flexibility index (Phi) is 10.8. The number of aliphatic hydroxyl groups excluding tert-OH is 1. The number of hydrogen-bond donors (Lipinski definition) is 2. The lowest BCUT2D eigenvalue weighted by molar-refractivity contribution is -0.135. The molecule has 0 saturated carbocycles. The van der Waals surface area contributed by atoms with Crippen LogP contribution in [0.4, 0.5) is 0 Å². The van der Waals surface area contributed by atoms with E-state index in [0.29, 0.717) is 6.42 Å². The molecule has 100 valence electrons. The summed E-state index contributed by atoms with van der Waals surface area (Å²) in [4.78, 5) is 10.3. The Labute approximate surface area is 105 Å². The van der Waals surface area contributed by atoms with Crippen LogP contribution in [0.5, 0.6) is 0 Å². The molecular formula is C14H26O3. The van der Waals surface area contributed by atoms with E-state index >= 15 is 0 Å². The quantitative estimate of drug-likeness (QED) is 0.320. The lowest BCUT2D eigenvalue weighted by Crippen LogP contribution is -1.98. The van der Waals surface area contributed by atoms with E-state index in [1.54, 1.807) is 0 Å². The van der Waals surface area contributed by atoms with Crippen LogP contribution in [0, 0.1) is 0 Å². The van der Waals surface area contributed by atoms with Gasteiger partial charge in [0.05, 0.1) is 0 Å². The van der Waals surface area contributed by atoms with Crippen LogP contribution in [0.25, 0.3) is 0 Å². The van der Waals surface area contributed by atoms with E-state index in [4.69, 9.17) is 10.2 Å². The van der Waals surface area contributed by atoms with Crippen LogP contribution in [0.1, 0.15) is 71.1 Å². The lowest BCUT2D eigenvalue weighted by atomic mass is 10.1. The van der Waals surface area contributed by atoms with Gasteiger partial charge in [-0.1, -0.05) is 58.3 Å². The highest BCUT2D eigenvalue weighted by molar-refractivity contribution is 5.83. The smallest absolute Gasteiger partial charge is 0.370 e. The third-order valence-corrected chi connectivity index (χ3v) is 2.86. The minimum atomic E-state index is -1.24. The Hall–Kier alpha value is -0.990. The third kappa shape index (κ3) is 11.3. The first-order valence-electron chi connectivity index (χ1n) is 6.81. The van der Waals surface area contributed by atoms with Gasteiger partial charge in [-0.15, -0.1) is 0 Å². The molecule has 0 amide bonds. The minimum absolute atomic E-state index is 0.524. The lowest BCUT2D eigenvalue weighted by Gasteiger charge is -2.00. The molecule has 0 aromatic rings. The Morgan fingerprint density at radius 3 is 1.82 bits per heavy atom. The monoisotopic (exact) mass is 242 g/mol. The van der Waals surface area contributed by atoms with Gasteiger partial charge in [-0.05, 0) is 18.9 Å². The maximum absolute atomic E-state index is 10.3. The Bertz CT molecular complexity index is 222. The number of aliphatic hydroxyl groups is 1. The second-order valence-electron chi connectivity index (χ2n) is 4.51. The third-order valence-electron chi connectivity index (χ3n) is 2.86. The van der Waals surface area contributed by atoms with E-state index in [1.165, 1.54) is 51.0 Å². The molecule has 0 atom stereocenters. The predicted octanol–water partition coefficient (Wildman–Crippen LogP) is 4.43. The highest BCUT2D eigenvalue weighted by Crippen LogP contribution is 2.10. The molecule has 0 aliphatic rings. The maximum Gasteiger partial charge on any atom is 0.370 e. The Morgan fingerprint density at radius 2 is 1.35 bits per heavy atom. The molecule has 0 spiro atoms. The summed E-state index contributed by atoms with van der Waals surface area (Å²) in [6.07, 6.45) is 13.3. The van der Waals surface area contributed by atoms with Gasteiger partial charge in [0.1, 0.15) is 0 Å². The molecule has 0 aliphatic heterocycles. The summed E-state index contributed by atoms with van der Waals surface area (Å²) in [5.41, 5.74) is 0. The fourth-order valence-electron chi connectivity index (χ4n) is 1.78. The van der Waals surface area contributed by atoms with Gasteiger partial charge in [-0.25, -0.2) is 4.79 Å². The van der Waals surface area contributed by atoms with E-state index < -0.39 is 11.7 Å². The first-order valence-corrected chi connectivity index (χ1v) is 6.81. The summed E-state index contributed by atoms with van der Waals surface area (Å²) < 4.78 is 0. The molecule has 0 radical (unpaired) electrons. The molecule has 0 aliphatic carbocycles. The van der Waals surface area contributed by atoms with Crippen molar-refractivity contribution in [3.05, 3.63) is 11.8 Å². The zero-order chi connectivity index (χ0) is 12.9. The summed E-state index contributed by atoms with van der Waals surface area (Å²) >= 11 is 0. The molecular weight excluding hydrogens is 216 g/mol. The van der Waals surface area contributed by atoms with E-state index in [-0.39, 0.29) is 0 Å². The van der Waals surface area contributed by atoms with Gasteiger partial charge in [0.15, 0.2) is 5.76 Å². The summed E-state index contributed by atoms with van der Waals surface area (Å²) in [6.45, 7) is 2.22. The molecule has 0 heterocycles. The Morgan fingerprint density at radius 1 is 0.882 bits per heavy atom. The number of carboxylic acid groups (broad SMARTS) is 1. The number of carbonyl (C=O) groups is 1. The topological polar surface area (TPSA) is 57.5 Å². The van der Waals surface area contributed by atoms with E-state index in [2.05, 4.69) is 6.92 Å². The van der Waals surface area contributed by atoms with Crippen LogP contribution in [0.2, 0.25) is 0 Å². The van der Waals surface area contributed by atoms with Gasteiger partial charge >= 0.3 is 5.97 Å². The van der Waals surface area contributed by atoms with Crippen LogP contribution in [0.3, 0.4) is 0 Å². The van der Waals surface area contributed by atoms with Gasteiger partial charge < -0.3 is 10.2 Å². The van der Waals surface area contributed by atoms with Crippen molar-refractivity contribution < 1.29 is 15.0 Å². The number of rotatable bonds is 11. The van der Waals surface area contributed by atoms with Crippen LogP contribution in [-0.4, -0.2) is 16.2 Å². The van der Waals surface area contributed by atoms with Crippen molar-refractivity contribution in [3.8, 4) is 0 Å². The van der Waals surface area contributed by atoms with E-state index in [0.717, 1.165) is 12.8 Å². The van der Waals surface area contributed by atoms with Gasteiger partial charge in [0.25, 0.3) is 0 Å². The average Bonchev–Trinajstić information content (AvgIpc) is 2.31. The van der Waals surface area contributed by atoms with Gasteiger partial charge in [-0.3, -0.25) is 0 Å². The van der Waals surface area contributed by atoms with Gasteiger partial charge in [0, 0.05) is 0 Å². The normalized spacial score (nSPS) is 11.7. The van der Waals surface area contributed by atoms with Crippen LogP contribution in [-0.2, 0) is 4.79 Å². The fraction of sp³-hybridized carbons (Fsp3) is 0.786. The summed E-state index contributed by atoms with van der Waals surface area (Å²) in [6, 6.07) is 0. The fourth-order valence-corrected chi connectivity index (χ4v) is 1.78. The standard InChI is InChI=1S/C14H26O3/c1-2-3-4-5-6-7-8-9-10-11-12-13(15)14(16)17/h12,15H,2-11H2,1H3,(H,16,17)/b13-12-. The van der Waals surface area contributed by atoms with Crippen molar-refractivity contribution in [1.29, 1.82) is 0 Å². The SMILES string of the molecule is CCCCCCCCCCC/C=C(\O)C(=O)O. The van der Waals surface area contributed by atoms with Crippen LogP contribution < -0.4 is 0 Å². The van der Waals surface area contributed by atoms with E-state index in [1.807, 2.05) is 0 Å². The van der Waals surface area contributed by atoms with Crippen molar-refractivity contribution in [2.45, 2.75) is 71.1 Å². The van der Waals surface area contributed by atoms with Crippen molar-refractivity contribution in [1.82, 2.24) is 0 Å². The number of carboxylic acids is 1. The highest BCUT2D eigenvalue weighted by atomic mass is 16.4. The molecule has 0 rings (SSSR count). The molecule has 0 fully saturated rings. The predicted molar refractivity (Wildman–Crippen MR) is 70.2 cm³/mol. The molecule has 0 aromatic carbocycles. The van der Waals surface area contributed by atoms with Crippen molar-refractivity contribution in [2.24, 2.45) is 0 Å². The van der Waals surface area contributed by atoms with Crippen molar-refractivity contribution in [3.63, 3.8) is 0 Å². The maximum atomic E-state index is 10.3. The second-order valence-corrected chi connectivity index (χ2v) is 4.51. The zero-order valence-electron chi connectivity index (χ0n) is 11.0. The highest BCUT2D eigenvalue weighted by Gasteiger charge is 2.01. The zero-order valence-corrected chi connectivity index (χ0v) is 11.0. The van der Waals surface area contributed by atoms with Crippen molar-refractivity contribution in [2.75, 3.05) is 0 Å². The molecule has 3 nitrogen and oxygen atoms in total. The largest absolute Gasteiger partial charge is 0.502 e. The van der Waals surface area contributed by atoms with E-state index in [9.17, 15) is 4.79 Å². The molecule has 0 unspecified atom stereocenters. The summed E-state index contributed by atoms with van der Waals surface area (Å²) in [5, 5.41) is 17.3. The molecule has 0 aromatic heterocycles. The summed E-state index contributed by atoms with van der Waals surface area (Å²) in [5.74, 6) is -1.76. The van der Waals surface area contributed by atoms with Gasteiger partial charge in [-0.2, -0.15) is 0 Å². The van der Waals surface area contributed by atoms with Gasteiger partial charge in [0.2, 0.25) is 0 Å². The second kappa shape index (κ2) is 11.5.